The molecule has 1 amide bonds. The van der Waals surface area contributed by atoms with E-state index in [2.05, 4.69) is 5.32 Å². The Bertz CT molecular complexity index is 628. The van der Waals surface area contributed by atoms with Crippen LogP contribution >= 0.6 is 11.6 Å². The summed E-state index contributed by atoms with van der Waals surface area (Å²) in [4.78, 5) is 12.0. The number of phenolic OH excluding ortho intramolecular Hbond substituents is 1. The molecule has 5 heteroatoms. The third-order valence-corrected chi connectivity index (χ3v) is 3.01. The average Bonchev–Trinajstić information content (AvgIpc) is 2.41. The first kappa shape index (κ1) is 14.2. The number of para-hydroxylation sites is 2. The highest BCUT2D eigenvalue weighted by Gasteiger charge is 2.11. The molecule has 0 saturated carbocycles. The molecule has 0 aliphatic rings. The number of aromatic hydroxyl groups is 1. The number of hydrogen-bond acceptors (Lipinski definition) is 3. The Morgan fingerprint density at radius 2 is 2.05 bits per heavy atom. The molecule has 2 N–H and O–H groups in total. The number of halogens is 1. The van der Waals surface area contributed by atoms with E-state index in [0.717, 1.165) is 0 Å². The van der Waals surface area contributed by atoms with E-state index in [0.29, 0.717) is 22.0 Å². The molecule has 0 unspecified atom stereocenters. The maximum atomic E-state index is 12.0. The normalized spacial score (nSPS) is 10.1. The maximum absolute atomic E-state index is 12.0. The molecule has 20 heavy (non-hydrogen) atoms. The van der Waals surface area contributed by atoms with E-state index >= 15 is 0 Å². The summed E-state index contributed by atoms with van der Waals surface area (Å²) in [5.74, 6) is 0.368. The number of amides is 1. The van der Waals surface area contributed by atoms with Gasteiger partial charge >= 0.3 is 0 Å². The fraction of sp³-hybridized carbons (Fsp3) is 0.133. The molecule has 0 saturated heterocycles. The van der Waals surface area contributed by atoms with Gasteiger partial charge in [0.15, 0.2) is 0 Å². The van der Waals surface area contributed by atoms with E-state index in [1.807, 2.05) is 0 Å². The Morgan fingerprint density at radius 3 is 2.75 bits per heavy atom. The second-order valence-electron chi connectivity index (χ2n) is 4.20. The van der Waals surface area contributed by atoms with Crippen LogP contribution in [0.3, 0.4) is 0 Å². The molecule has 0 aliphatic carbocycles. The summed E-state index contributed by atoms with van der Waals surface area (Å²) in [7, 11) is 1.54. The molecule has 0 radical (unpaired) electrons. The van der Waals surface area contributed by atoms with E-state index in [4.69, 9.17) is 16.3 Å². The first-order valence-corrected chi connectivity index (χ1v) is 6.38. The van der Waals surface area contributed by atoms with Crippen molar-refractivity contribution in [2.75, 3.05) is 12.4 Å². The minimum absolute atomic E-state index is 0.0268. The minimum Gasteiger partial charge on any atom is -0.506 e. The lowest BCUT2D eigenvalue weighted by molar-refractivity contribution is -0.115. The van der Waals surface area contributed by atoms with Crippen LogP contribution in [0.5, 0.6) is 11.5 Å². The molecule has 0 aromatic heterocycles. The largest absolute Gasteiger partial charge is 0.506 e. The monoisotopic (exact) mass is 291 g/mol. The van der Waals surface area contributed by atoms with Crippen LogP contribution in [0.2, 0.25) is 5.02 Å². The van der Waals surface area contributed by atoms with Crippen molar-refractivity contribution < 1.29 is 14.6 Å². The van der Waals surface area contributed by atoms with E-state index < -0.39 is 0 Å². The maximum Gasteiger partial charge on any atom is 0.229 e. The zero-order valence-corrected chi connectivity index (χ0v) is 11.6. The van der Waals surface area contributed by atoms with Crippen LogP contribution < -0.4 is 10.1 Å². The van der Waals surface area contributed by atoms with Crippen LogP contribution in [0.25, 0.3) is 0 Å². The van der Waals surface area contributed by atoms with Gasteiger partial charge in [0.1, 0.15) is 11.5 Å². The molecular weight excluding hydrogens is 278 g/mol. The number of rotatable bonds is 4. The van der Waals surface area contributed by atoms with Crippen LogP contribution in [0.4, 0.5) is 5.69 Å². The number of nitrogens with one attached hydrogen (secondary N) is 1. The van der Waals surface area contributed by atoms with Crippen molar-refractivity contribution in [1.82, 2.24) is 0 Å². The molecule has 4 nitrogen and oxygen atoms in total. The van der Waals surface area contributed by atoms with Crippen LogP contribution in [0, 0.1) is 0 Å². The zero-order valence-electron chi connectivity index (χ0n) is 10.9. The lowest BCUT2D eigenvalue weighted by Crippen LogP contribution is -2.15. The number of ether oxygens (including phenoxy) is 1. The van der Waals surface area contributed by atoms with Crippen molar-refractivity contribution in [3.63, 3.8) is 0 Å². The standard InChI is InChI=1S/C15H14ClNO3/c1-20-14-7-6-11(16)8-10(14)9-15(19)17-12-4-2-3-5-13(12)18/h2-8,18H,9H2,1H3,(H,17,19). The van der Waals surface area contributed by atoms with Crippen molar-refractivity contribution in [2.24, 2.45) is 0 Å². The summed E-state index contributed by atoms with van der Waals surface area (Å²) in [5, 5.41) is 12.8. The van der Waals surface area contributed by atoms with E-state index in [1.54, 1.807) is 36.4 Å². The quantitative estimate of drug-likeness (QED) is 0.850. The smallest absolute Gasteiger partial charge is 0.229 e. The Morgan fingerprint density at radius 1 is 1.30 bits per heavy atom. The summed E-state index contributed by atoms with van der Waals surface area (Å²) in [6.45, 7) is 0. The fourth-order valence-electron chi connectivity index (χ4n) is 1.83. The number of phenols is 1. The minimum atomic E-state index is -0.257. The van der Waals surface area contributed by atoms with Gasteiger partial charge in [-0.25, -0.2) is 0 Å². The van der Waals surface area contributed by atoms with E-state index in [9.17, 15) is 9.90 Å². The molecule has 0 fully saturated rings. The van der Waals surface area contributed by atoms with Crippen LogP contribution in [0.15, 0.2) is 42.5 Å². The van der Waals surface area contributed by atoms with Crippen molar-refractivity contribution in [3.8, 4) is 11.5 Å². The molecule has 0 spiro atoms. The van der Waals surface area contributed by atoms with Crippen molar-refractivity contribution in [2.45, 2.75) is 6.42 Å². The number of hydrogen-bond donors (Lipinski definition) is 2. The number of anilines is 1. The van der Waals surface area contributed by atoms with Gasteiger partial charge in [0, 0.05) is 10.6 Å². The molecule has 2 rings (SSSR count). The predicted octanol–water partition coefficient (Wildman–Crippen LogP) is 3.24. The lowest BCUT2D eigenvalue weighted by Gasteiger charge is -2.10. The Balaban J connectivity index is 2.12. The Hall–Kier alpha value is -2.20. The summed E-state index contributed by atoms with van der Waals surface area (Å²) in [6.07, 6.45) is 0.109. The van der Waals surface area contributed by atoms with E-state index in [1.165, 1.54) is 13.2 Å². The Kier molecular flexibility index (Phi) is 4.48. The molecule has 0 aliphatic heterocycles. The average molecular weight is 292 g/mol. The highest BCUT2D eigenvalue weighted by Crippen LogP contribution is 2.25. The molecule has 104 valence electrons. The van der Waals surface area contributed by atoms with Gasteiger partial charge in [-0.05, 0) is 30.3 Å². The molecule has 0 heterocycles. The number of carbonyl (C=O) groups is 1. The topological polar surface area (TPSA) is 58.6 Å². The number of methoxy groups -OCH3 is 1. The Labute approximate surface area is 122 Å². The second kappa shape index (κ2) is 6.30. The van der Waals surface area contributed by atoms with Gasteiger partial charge < -0.3 is 15.2 Å². The number of carbonyl (C=O) groups excluding carboxylic acids is 1. The van der Waals surface area contributed by atoms with Crippen LogP contribution in [-0.4, -0.2) is 18.1 Å². The first-order chi connectivity index (χ1) is 9.60. The lowest BCUT2D eigenvalue weighted by atomic mass is 10.1. The van der Waals surface area contributed by atoms with Crippen LogP contribution in [-0.2, 0) is 11.2 Å². The summed E-state index contributed by atoms with van der Waals surface area (Å²) >= 11 is 5.92. The second-order valence-corrected chi connectivity index (χ2v) is 4.63. The van der Waals surface area contributed by atoms with Gasteiger partial charge in [0.2, 0.25) is 5.91 Å². The van der Waals surface area contributed by atoms with E-state index in [-0.39, 0.29) is 18.1 Å². The van der Waals surface area contributed by atoms with Gasteiger partial charge in [-0.15, -0.1) is 0 Å². The summed E-state index contributed by atoms with van der Waals surface area (Å²) in [5.41, 5.74) is 1.06. The molecule has 2 aromatic rings. The SMILES string of the molecule is COc1ccc(Cl)cc1CC(=O)Nc1ccccc1O. The summed E-state index contributed by atoms with van der Waals surface area (Å²) in [6, 6.07) is 11.7. The van der Waals surface area contributed by atoms with Crippen molar-refractivity contribution in [3.05, 3.63) is 53.1 Å². The van der Waals surface area contributed by atoms with Gasteiger partial charge in [-0.3, -0.25) is 4.79 Å². The molecule has 2 aromatic carbocycles. The summed E-state index contributed by atoms with van der Waals surface area (Å²) < 4.78 is 5.19. The van der Waals surface area contributed by atoms with Gasteiger partial charge in [-0.2, -0.15) is 0 Å². The van der Waals surface area contributed by atoms with Crippen LogP contribution in [0.1, 0.15) is 5.56 Å². The highest BCUT2D eigenvalue weighted by atomic mass is 35.5. The molecule has 0 bridgehead atoms. The molecule has 0 atom stereocenters. The zero-order chi connectivity index (χ0) is 14.5. The fourth-order valence-corrected chi connectivity index (χ4v) is 2.03. The van der Waals surface area contributed by atoms with Gasteiger partial charge in [0.25, 0.3) is 0 Å². The third-order valence-electron chi connectivity index (χ3n) is 2.77. The third kappa shape index (κ3) is 3.42. The van der Waals surface area contributed by atoms with Gasteiger partial charge in [0.05, 0.1) is 19.2 Å². The number of benzene rings is 2. The first-order valence-electron chi connectivity index (χ1n) is 6.00. The molecular formula is C15H14ClNO3. The van der Waals surface area contributed by atoms with Crippen molar-refractivity contribution in [1.29, 1.82) is 0 Å². The predicted molar refractivity (Wildman–Crippen MR) is 78.4 cm³/mol. The van der Waals surface area contributed by atoms with Crippen molar-refractivity contribution >= 4 is 23.2 Å². The highest BCUT2D eigenvalue weighted by molar-refractivity contribution is 6.30. The van der Waals surface area contributed by atoms with Gasteiger partial charge in [-0.1, -0.05) is 23.7 Å².